The van der Waals surface area contributed by atoms with Crippen LogP contribution in [-0.2, 0) is 9.84 Å². The molecule has 0 aromatic heterocycles. The number of sulfone groups is 1. The van der Waals surface area contributed by atoms with Crippen molar-refractivity contribution in [3.05, 3.63) is 30.3 Å². The van der Waals surface area contributed by atoms with Crippen LogP contribution in [0.1, 0.15) is 19.8 Å². The fourth-order valence-electron chi connectivity index (χ4n) is 1.26. The van der Waals surface area contributed by atoms with Gasteiger partial charge in [0.05, 0.1) is 10.6 Å². The van der Waals surface area contributed by atoms with Gasteiger partial charge in [-0.25, -0.2) is 8.42 Å². The Balaban J connectivity index is 2.41. The van der Waals surface area contributed by atoms with E-state index in [0.29, 0.717) is 10.6 Å². The Morgan fingerprint density at radius 2 is 1.81 bits per heavy atom. The van der Waals surface area contributed by atoms with Crippen LogP contribution < -0.4 is 0 Å². The molecule has 0 heterocycles. The van der Waals surface area contributed by atoms with Crippen LogP contribution in [0.5, 0.6) is 0 Å². The van der Waals surface area contributed by atoms with Gasteiger partial charge in [0.25, 0.3) is 0 Å². The lowest BCUT2D eigenvalue weighted by molar-refractivity contribution is 0.597. The summed E-state index contributed by atoms with van der Waals surface area (Å²) in [5, 5.41) is 0. The molecule has 1 aromatic rings. The molecule has 0 saturated heterocycles. The molecule has 0 bridgehead atoms. The Morgan fingerprint density at radius 3 is 2.44 bits per heavy atom. The minimum atomic E-state index is -3.07. The van der Waals surface area contributed by atoms with Crippen molar-refractivity contribution >= 4 is 21.6 Å². The van der Waals surface area contributed by atoms with E-state index in [1.165, 1.54) is 6.42 Å². The first-order valence-electron chi connectivity index (χ1n) is 5.52. The van der Waals surface area contributed by atoms with Gasteiger partial charge in [0.15, 0.2) is 9.84 Å². The van der Waals surface area contributed by atoms with Crippen molar-refractivity contribution in [3.63, 3.8) is 0 Å². The van der Waals surface area contributed by atoms with Crippen molar-refractivity contribution in [1.29, 1.82) is 0 Å². The first-order valence-corrected chi connectivity index (χ1v) is 8.33. The van der Waals surface area contributed by atoms with Gasteiger partial charge in [-0.15, -0.1) is 0 Å². The van der Waals surface area contributed by atoms with Gasteiger partial charge in [-0.3, -0.25) is 0 Å². The topological polar surface area (TPSA) is 34.1 Å². The summed E-state index contributed by atoms with van der Waals surface area (Å²) in [6, 6.07) is 8.67. The van der Waals surface area contributed by atoms with Crippen LogP contribution in [0.3, 0.4) is 0 Å². The fraction of sp³-hybridized carbons (Fsp3) is 0.500. The molecule has 0 unspecified atom stereocenters. The summed E-state index contributed by atoms with van der Waals surface area (Å²) in [5.41, 5.74) is 0. The summed E-state index contributed by atoms with van der Waals surface area (Å²) in [6.45, 7) is 2.14. The monoisotopic (exact) mass is 258 g/mol. The average molecular weight is 258 g/mol. The maximum Gasteiger partial charge on any atom is 0.179 e. The largest absolute Gasteiger partial charge is 0.224 e. The van der Waals surface area contributed by atoms with E-state index < -0.39 is 9.84 Å². The molecule has 0 aliphatic rings. The van der Waals surface area contributed by atoms with Crippen molar-refractivity contribution in [2.45, 2.75) is 24.7 Å². The summed E-state index contributed by atoms with van der Waals surface area (Å²) in [4.78, 5) is 0.436. The highest BCUT2D eigenvalue weighted by Crippen LogP contribution is 2.13. The maximum atomic E-state index is 11.9. The smallest absolute Gasteiger partial charge is 0.179 e. The summed E-state index contributed by atoms with van der Waals surface area (Å²) >= 11 is 1.72. The highest BCUT2D eigenvalue weighted by molar-refractivity contribution is 8.00. The number of hydrogen-bond donors (Lipinski definition) is 0. The third-order valence-electron chi connectivity index (χ3n) is 2.24. The predicted octanol–water partition coefficient (Wildman–Crippen LogP) is 2.99. The zero-order valence-corrected chi connectivity index (χ0v) is 11.2. The number of thioether (sulfide) groups is 1. The Kier molecular flexibility index (Phi) is 5.91. The average Bonchev–Trinajstić information content (AvgIpc) is 2.30. The van der Waals surface area contributed by atoms with Gasteiger partial charge in [0, 0.05) is 5.75 Å². The van der Waals surface area contributed by atoms with Gasteiger partial charge >= 0.3 is 0 Å². The maximum absolute atomic E-state index is 11.9. The van der Waals surface area contributed by atoms with Gasteiger partial charge in [-0.05, 0) is 24.3 Å². The molecule has 0 saturated carbocycles. The molecular weight excluding hydrogens is 240 g/mol. The summed E-state index contributed by atoms with van der Waals surface area (Å²) in [7, 11) is -3.07. The van der Waals surface area contributed by atoms with Gasteiger partial charge in [-0.2, -0.15) is 11.8 Å². The molecule has 0 atom stereocenters. The van der Waals surface area contributed by atoms with Gasteiger partial charge in [0.1, 0.15) is 0 Å². The number of benzene rings is 1. The Labute approximate surface area is 102 Å². The minimum absolute atomic E-state index is 0.241. The van der Waals surface area contributed by atoms with Crippen LogP contribution in [-0.4, -0.2) is 25.7 Å². The molecule has 0 aliphatic heterocycles. The van der Waals surface area contributed by atoms with E-state index >= 15 is 0 Å². The lowest BCUT2D eigenvalue weighted by Gasteiger charge is -2.03. The van der Waals surface area contributed by atoms with Crippen LogP contribution in [0.15, 0.2) is 35.2 Å². The molecule has 0 N–H and O–H groups in total. The van der Waals surface area contributed by atoms with E-state index in [-0.39, 0.29) is 5.75 Å². The van der Waals surface area contributed by atoms with Crippen molar-refractivity contribution < 1.29 is 8.42 Å². The third kappa shape index (κ3) is 4.58. The number of hydrogen-bond acceptors (Lipinski definition) is 3. The van der Waals surface area contributed by atoms with Crippen LogP contribution in [0, 0.1) is 0 Å². The molecule has 16 heavy (non-hydrogen) atoms. The van der Waals surface area contributed by atoms with Crippen molar-refractivity contribution in [1.82, 2.24) is 0 Å². The molecule has 0 aliphatic carbocycles. The summed E-state index contributed by atoms with van der Waals surface area (Å²) in [6.07, 6.45) is 2.33. The number of rotatable bonds is 7. The summed E-state index contributed by atoms with van der Waals surface area (Å²) in [5.74, 6) is 1.99. The molecule has 1 rings (SSSR count). The number of unbranched alkanes of at least 4 members (excludes halogenated alkanes) is 1. The molecule has 2 nitrogen and oxygen atoms in total. The standard InChI is InChI=1S/C12H18O2S2/c1-2-3-9-15-10-11-16(13,14)12-7-5-4-6-8-12/h4-8H,2-3,9-11H2,1H3. The van der Waals surface area contributed by atoms with Gasteiger partial charge < -0.3 is 0 Å². The second-order valence-corrected chi connectivity index (χ2v) is 6.93. The second-order valence-electron chi connectivity index (χ2n) is 3.60. The lowest BCUT2D eigenvalue weighted by atomic mass is 10.4. The van der Waals surface area contributed by atoms with Crippen molar-refractivity contribution in [3.8, 4) is 0 Å². The lowest BCUT2D eigenvalue weighted by Crippen LogP contribution is -2.08. The van der Waals surface area contributed by atoms with Crippen LogP contribution >= 0.6 is 11.8 Å². The molecular formula is C12H18O2S2. The van der Waals surface area contributed by atoms with Crippen LogP contribution in [0.2, 0.25) is 0 Å². The van der Waals surface area contributed by atoms with Gasteiger partial charge in [-0.1, -0.05) is 31.5 Å². The third-order valence-corrected chi connectivity index (χ3v) is 5.30. The highest BCUT2D eigenvalue weighted by Gasteiger charge is 2.12. The van der Waals surface area contributed by atoms with E-state index in [1.807, 2.05) is 6.07 Å². The molecule has 90 valence electrons. The molecule has 0 spiro atoms. The van der Waals surface area contributed by atoms with Crippen molar-refractivity contribution in [2.24, 2.45) is 0 Å². The van der Waals surface area contributed by atoms with Crippen LogP contribution in [0.4, 0.5) is 0 Å². The predicted molar refractivity (Wildman–Crippen MR) is 70.7 cm³/mol. The van der Waals surface area contributed by atoms with E-state index in [2.05, 4.69) is 6.92 Å². The minimum Gasteiger partial charge on any atom is -0.224 e. The zero-order chi connectivity index (χ0) is 11.9. The first kappa shape index (κ1) is 13.6. The quantitative estimate of drug-likeness (QED) is 0.705. The highest BCUT2D eigenvalue weighted by atomic mass is 32.2. The SMILES string of the molecule is CCCCSCCS(=O)(=O)c1ccccc1. The first-order chi connectivity index (χ1) is 7.67. The molecule has 1 aromatic carbocycles. The Bertz CT molecular complexity index is 385. The van der Waals surface area contributed by atoms with E-state index in [0.717, 1.165) is 12.2 Å². The zero-order valence-electron chi connectivity index (χ0n) is 9.56. The van der Waals surface area contributed by atoms with E-state index in [1.54, 1.807) is 36.0 Å². The van der Waals surface area contributed by atoms with Crippen molar-refractivity contribution in [2.75, 3.05) is 17.3 Å². The van der Waals surface area contributed by atoms with E-state index in [9.17, 15) is 8.42 Å². The Hall–Kier alpha value is -0.480. The van der Waals surface area contributed by atoms with Gasteiger partial charge in [0.2, 0.25) is 0 Å². The molecule has 0 radical (unpaired) electrons. The normalized spacial score (nSPS) is 11.6. The molecule has 0 fully saturated rings. The molecule has 4 heteroatoms. The molecule has 0 amide bonds. The van der Waals surface area contributed by atoms with Crippen LogP contribution in [0.25, 0.3) is 0 Å². The second kappa shape index (κ2) is 6.97. The van der Waals surface area contributed by atoms with E-state index in [4.69, 9.17) is 0 Å². The Morgan fingerprint density at radius 1 is 1.12 bits per heavy atom. The fourth-order valence-corrected chi connectivity index (χ4v) is 4.12. The summed E-state index contributed by atoms with van der Waals surface area (Å²) < 4.78 is 23.7.